The van der Waals surface area contributed by atoms with Crippen LogP contribution in [-0.4, -0.2) is 35.7 Å². The van der Waals surface area contributed by atoms with E-state index < -0.39 is 6.17 Å². The Hall–Kier alpha value is -2.54. The van der Waals surface area contributed by atoms with Crippen molar-refractivity contribution in [3.8, 4) is 0 Å². The van der Waals surface area contributed by atoms with Crippen molar-refractivity contribution < 1.29 is 4.39 Å². The van der Waals surface area contributed by atoms with Crippen LogP contribution in [-0.2, 0) is 6.54 Å². The van der Waals surface area contributed by atoms with Crippen LogP contribution in [0.25, 0.3) is 21.9 Å². The molecular weight excluding hydrogens is 367 g/mol. The molecule has 0 N–H and O–H groups in total. The minimum atomic E-state index is -0.773. The van der Waals surface area contributed by atoms with Crippen molar-refractivity contribution in [2.75, 3.05) is 0 Å². The summed E-state index contributed by atoms with van der Waals surface area (Å²) >= 11 is 6.25. The molecule has 0 radical (unpaired) electrons. The number of imidazole rings is 1. The van der Waals surface area contributed by atoms with E-state index >= 15 is 0 Å². The van der Waals surface area contributed by atoms with Gasteiger partial charge in [-0.3, -0.25) is 4.98 Å². The van der Waals surface area contributed by atoms with Gasteiger partial charge in [0, 0.05) is 22.6 Å². The van der Waals surface area contributed by atoms with E-state index in [1.807, 2.05) is 31.3 Å². The van der Waals surface area contributed by atoms with Gasteiger partial charge < -0.3 is 4.57 Å². The number of hydrogen-bond acceptors (Lipinski definition) is 4. The molecule has 0 bridgehead atoms. The van der Waals surface area contributed by atoms with Gasteiger partial charge in [0.2, 0.25) is 0 Å². The van der Waals surface area contributed by atoms with Crippen LogP contribution in [0.5, 0.6) is 0 Å². The van der Waals surface area contributed by atoms with Crippen molar-refractivity contribution in [2.24, 2.45) is 0 Å². The van der Waals surface area contributed by atoms with Crippen LogP contribution in [0.1, 0.15) is 36.8 Å². The molecule has 0 aliphatic heterocycles. The maximum absolute atomic E-state index is 14.0. The highest BCUT2D eigenvalue weighted by molar-refractivity contribution is 6.31. The zero-order valence-electron chi connectivity index (χ0n) is 14.8. The van der Waals surface area contributed by atoms with Crippen LogP contribution in [0, 0.1) is 6.92 Å². The number of fused-ring (bicyclic) bond motifs is 3. The molecule has 3 heterocycles. The molecule has 0 unspecified atom stereocenters. The molecule has 3 aromatic heterocycles. The molecule has 5 rings (SSSR count). The Morgan fingerprint density at radius 3 is 2.89 bits per heavy atom. The SMILES string of the molecule is Cc1cn(Cc2nc3cnc4ccc(Cl)cc4c3n2[C@@H]2CC[C@H](F)C2)nn1. The molecular formula is C19H18ClFN6. The first kappa shape index (κ1) is 16.6. The second kappa shape index (κ2) is 6.27. The lowest BCUT2D eigenvalue weighted by Gasteiger charge is -2.17. The van der Waals surface area contributed by atoms with Crippen molar-refractivity contribution in [3.05, 3.63) is 47.1 Å². The van der Waals surface area contributed by atoms with E-state index in [0.29, 0.717) is 24.4 Å². The molecule has 2 atom stereocenters. The first-order chi connectivity index (χ1) is 13.1. The molecule has 1 aromatic carbocycles. The summed E-state index contributed by atoms with van der Waals surface area (Å²) in [5.74, 6) is 0.836. The molecule has 0 spiro atoms. The van der Waals surface area contributed by atoms with Gasteiger partial charge in [-0.1, -0.05) is 16.8 Å². The van der Waals surface area contributed by atoms with Crippen LogP contribution in [0.4, 0.5) is 4.39 Å². The van der Waals surface area contributed by atoms with Gasteiger partial charge in [-0.2, -0.15) is 0 Å². The predicted octanol–water partition coefficient (Wildman–Crippen LogP) is 4.25. The Balaban J connectivity index is 1.75. The monoisotopic (exact) mass is 384 g/mol. The normalized spacial score (nSPS) is 20.1. The first-order valence-electron chi connectivity index (χ1n) is 9.04. The summed E-state index contributed by atoms with van der Waals surface area (Å²) in [4.78, 5) is 9.33. The summed E-state index contributed by atoms with van der Waals surface area (Å²) in [5, 5.41) is 9.78. The highest BCUT2D eigenvalue weighted by Crippen LogP contribution is 2.37. The largest absolute Gasteiger partial charge is 0.323 e. The Bertz CT molecular complexity index is 1150. The standard InChI is InChI=1S/C19H18ClFN6/c1-11-9-26(25-24-11)10-18-23-17-8-22-16-5-2-12(20)6-15(16)19(17)27(18)14-4-3-13(21)7-14/h2,5-6,8-9,13-14H,3-4,7,10H2,1H3/t13-,14+/m0/s1. The summed E-state index contributed by atoms with van der Waals surface area (Å²) in [6, 6.07) is 5.71. The maximum Gasteiger partial charge on any atom is 0.132 e. The van der Waals surface area contributed by atoms with Gasteiger partial charge in [0.1, 0.15) is 24.1 Å². The van der Waals surface area contributed by atoms with Gasteiger partial charge in [0.15, 0.2) is 0 Å². The Labute approximate surface area is 160 Å². The minimum Gasteiger partial charge on any atom is -0.323 e. The quantitative estimate of drug-likeness (QED) is 0.529. The number of rotatable bonds is 3. The Morgan fingerprint density at radius 2 is 2.15 bits per heavy atom. The zero-order chi connectivity index (χ0) is 18.5. The van der Waals surface area contributed by atoms with Crippen molar-refractivity contribution >= 4 is 33.5 Å². The smallest absolute Gasteiger partial charge is 0.132 e. The van der Waals surface area contributed by atoms with E-state index in [9.17, 15) is 4.39 Å². The van der Waals surface area contributed by atoms with Gasteiger partial charge in [-0.25, -0.2) is 14.1 Å². The lowest BCUT2D eigenvalue weighted by Crippen LogP contribution is -2.14. The average molecular weight is 385 g/mol. The van der Waals surface area contributed by atoms with E-state index in [2.05, 4.69) is 19.9 Å². The van der Waals surface area contributed by atoms with Crippen molar-refractivity contribution in [2.45, 2.75) is 44.9 Å². The van der Waals surface area contributed by atoms with E-state index in [-0.39, 0.29) is 6.04 Å². The molecule has 138 valence electrons. The van der Waals surface area contributed by atoms with E-state index in [4.69, 9.17) is 16.6 Å². The number of alkyl halides is 1. The van der Waals surface area contributed by atoms with Gasteiger partial charge in [0.25, 0.3) is 0 Å². The molecule has 1 aliphatic carbocycles. The molecule has 27 heavy (non-hydrogen) atoms. The van der Waals surface area contributed by atoms with Crippen LogP contribution in [0.15, 0.2) is 30.6 Å². The fourth-order valence-corrected chi connectivity index (χ4v) is 4.23. The molecule has 4 aromatic rings. The average Bonchev–Trinajstić information content (AvgIpc) is 3.33. The van der Waals surface area contributed by atoms with Crippen LogP contribution >= 0.6 is 11.6 Å². The molecule has 6 nitrogen and oxygen atoms in total. The van der Waals surface area contributed by atoms with E-state index in [0.717, 1.165) is 39.9 Å². The van der Waals surface area contributed by atoms with E-state index in [1.54, 1.807) is 10.9 Å². The fourth-order valence-electron chi connectivity index (χ4n) is 4.06. The number of aryl methyl sites for hydroxylation is 1. The highest BCUT2D eigenvalue weighted by Gasteiger charge is 2.29. The summed E-state index contributed by atoms with van der Waals surface area (Å²) in [7, 11) is 0. The van der Waals surface area contributed by atoms with Gasteiger partial charge in [-0.15, -0.1) is 5.10 Å². The number of pyridine rings is 1. The highest BCUT2D eigenvalue weighted by atomic mass is 35.5. The number of hydrogen-bond donors (Lipinski definition) is 0. The fraction of sp³-hybridized carbons (Fsp3) is 0.368. The van der Waals surface area contributed by atoms with Gasteiger partial charge in [-0.05, 0) is 44.4 Å². The number of halogens is 2. The van der Waals surface area contributed by atoms with Crippen LogP contribution in [0.3, 0.4) is 0 Å². The lowest BCUT2D eigenvalue weighted by molar-refractivity contribution is 0.330. The third-order valence-electron chi connectivity index (χ3n) is 5.21. The minimum absolute atomic E-state index is 0.0641. The van der Waals surface area contributed by atoms with Crippen molar-refractivity contribution in [1.82, 2.24) is 29.5 Å². The molecule has 8 heteroatoms. The first-order valence-corrected chi connectivity index (χ1v) is 9.42. The van der Waals surface area contributed by atoms with Crippen LogP contribution in [0.2, 0.25) is 5.02 Å². The molecule has 0 amide bonds. The van der Waals surface area contributed by atoms with Crippen molar-refractivity contribution in [1.29, 1.82) is 0 Å². The number of aromatic nitrogens is 6. The number of nitrogens with zero attached hydrogens (tertiary/aromatic N) is 6. The maximum atomic E-state index is 14.0. The predicted molar refractivity (Wildman–Crippen MR) is 102 cm³/mol. The summed E-state index contributed by atoms with van der Waals surface area (Å²) in [6.07, 6.45) is 4.75. The summed E-state index contributed by atoms with van der Waals surface area (Å²) < 4.78 is 17.9. The molecule has 1 fully saturated rings. The Kier molecular flexibility index (Phi) is 3.86. The molecule has 1 saturated carbocycles. The zero-order valence-corrected chi connectivity index (χ0v) is 15.6. The van der Waals surface area contributed by atoms with Gasteiger partial charge in [0.05, 0.1) is 22.9 Å². The summed E-state index contributed by atoms with van der Waals surface area (Å²) in [6.45, 7) is 2.38. The Morgan fingerprint density at radius 1 is 1.26 bits per heavy atom. The third-order valence-corrected chi connectivity index (χ3v) is 5.45. The topological polar surface area (TPSA) is 61.4 Å². The molecule has 1 aliphatic rings. The van der Waals surface area contributed by atoms with Crippen molar-refractivity contribution in [3.63, 3.8) is 0 Å². The lowest BCUT2D eigenvalue weighted by atomic mass is 10.1. The molecule has 0 saturated heterocycles. The van der Waals surface area contributed by atoms with E-state index in [1.165, 1.54) is 0 Å². The second-order valence-electron chi connectivity index (χ2n) is 7.17. The third kappa shape index (κ3) is 2.86. The second-order valence-corrected chi connectivity index (χ2v) is 7.61. The van der Waals surface area contributed by atoms with Gasteiger partial charge >= 0.3 is 0 Å². The summed E-state index contributed by atoms with van der Waals surface area (Å²) in [5.41, 5.74) is 3.46. The van der Waals surface area contributed by atoms with Crippen LogP contribution < -0.4 is 0 Å². The number of benzene rings is 1.